The highest BCUT2D eigenvalue weighted by molar-refractivity contribution is 8.04. The van der Waals surface area contributed by atoms with Crippen molar-refractivity contribution in [1.82, 2.24) is 4.90 Å². The minimum atomic E-state index is 0.184. The van der Waals surface area contributed by atoms with Gasteiger partial charge in [-0.2, -0.15) is 4.57 Å². The van der Waals surface area contributed by atoms with E-state index < -0.39 is 0 Å². The van der Waals surface area contributed by atoms with Crippen molar-refractivity contribution in [2.45, 2.75) is 51.4 Å². The second-order valence-corrected chi connectivity index (χ2v) is 16.6. The minimum Gasteiger partial charge on any atom is -0.497 e. The highest BCUT2D eigenvalue weighted by atomic mass is 32.2. The van der Waals surface area contributed by atoms with Crippen molar-refractivity contribution in [3.05, 3.63) is 148 Å². The van der Waals surface area contributed by atoms with Gasteiger partial charge >= 0.3 is 0 Å². The molecule has 1 fully saturated rings. The summed E-state index contributed by atoms with van der Waals surface area (Å²) in [5.41, 5.74) is 4.27. The summed E-state index contributed by atoms with van der Waals surface area (Å²) in [4.78, 5) is 2.49. The fourth-order valence-electron chi connectivity index (χ4n) is 7.79. The first-order chi connectivity index (χ1) is 24.9. The number of methoxy groups -OCH3 is 1. The maximum Gasteiger partial charge on any atom is 0.263 e. The van der Waals surface area contributed by atoms with Gasteiger partial charge in [0.15, 0.2) is 0 Å². The number of nitrogens with zero attached hydrogens (tertiary/aromatic N) is 2. The summed E-state index contributed by atoms with van der Waals surface area (Å²) >= 11 is 3.82. The van der Waals surface area contributed by atoms with E-state index in [1.807, 2.05) is 23.1 Å². The number of thioether (sulfide) groups is 1. The van der Waals surface area contributed by atoms with Gasteiger partial charge in [-0.05, 0) is 88.9 Å². The van der Waals surface area contributed by atoms with E-state index in [-0.39, 0.29) is 11.5 Å². The zero-order chi connectivity index (χ0) is 35.0. The normalized spacial score (nSPS) is 21.6. The number of benzene rings is 4. The van der Waals surface area contributed by atoms with Crippen molar-refractivity contribution >= 4 is 60.9 Å². The number of rotatable bonds is 9. The number of hydrogen-bond acceptors (Lipinski definition) is 5. The third-order valence-corrected chi connectivity index (χ3v) is 12.6. The predicted molar refractivity (Wildman–Crippen MR) is 217 cm³/mol. The molecule has 51 heavy (non-hydrogen) atoms. The lowest BCUT2D eigenvalue weighted by Gasteiger charge is -2.30. The van der Waals surface area contributed by atoms with Crippen molar-refractivity contribution in [3.63, 3.8) is 0 Å². The van der Waals surface area contributed by atoms with Crippen LogP contribution < -0.4 is 9.30 Å². The maximum absolute atomic E-state index is 6.31. The lowest BCUT2D eigenvalue weighted by atomic mass is 9.75. The maximum atomic E-state index is 6.31. The number of aryl methyl sites for hydroxylation is 1. The van der Waals surface area contributed by atoms with E-state index in [1.54, 1.807) is 7.11 Å². The Morgan fingerprint density at radius 2 is 1.76 bits per heavy atom. The smallest absolute Gasteiger partial charge is 0.263 e. The van der Waals surface area contributed by atoms with E-state index in [1.165, 1.54) is 52.9 Å². The van der Waals surface area contributed by atoms with Crippen LogP contribution >= 0.6 is 23.1 Å². The number of hydrogen-bond donors (Lipinski definition) is 0. The Morgan fingerprint density at radius 3 is 2.61 bits per heavy atom. The van der Waals surface area contributed by atoms with Gasteiger partial charge in [0.05, 0.1) is 30.0 Å². The molecule has 0 N–H and O–H groups in total. The molecule has 1 saturated heterocycles. The zero-order valence-corrected chi connectivity index (χ0v) is 31.5. The quantitative estimate of drug-likeness (QED) is 0.142. The second-order valence-electron chi connectivity index (χ2n) is 14.4. The molecule has 2 atom stereocenters. The molecule has 0 saturated carbocycles. The number of allylic oxidation sites excluding steroid dienone is 7. The van der Waals surface area contributed by atoms with Gasteiger partial charge in [-0.25, -0.2) is 0 Å². The Kier molecular flexibility index (Phi) is 9.39. The van der Waals surface area contributed by atoms with Gasteiger partial charge in [0.2, 0.25) is 5.52 Å². The summed E-state index contributed by atoms with van der Waals surface area (Å²) in [5, 5.41) is 7.95. The number of aromatic nitrogens is 1. The zero-order valence-electron chi connectivity index (χ0n) is 29.8. The molecule has 0 bridgehead atoms. The van der Waals surface area contributed by atoms with Gasteiger partial charge in [-0.3, -0.25) is 0 Å². The van der Waals surface area contributed by atoms with Gasteiger partial charge in [-0.15, -0.1) is 0 Å². The predicted octanol–water partition coefficient (Wildman–Crippen LogP) is 11.0. The average Bonchev–Trinajstić information content (AvgIpc) is 3.67. The van der Waals surface area contributed by atoms with Gasteiger partial charge in [-0.1, -0.05) is 116 Å². The van der Waals surface area contributed by atoms with Gasteiger partial charge < -0.3 is 14.4 Å². The Balaban J connectivity index is 1.04. The van der Waals surface area contributed by atoms with Crippen molar-refractivity contribution in [3.8, 4) is 5.75 Å². The average molecular weight is 710 g/mol. The van der Waals surface area contributed by atoms with Crippen LogP contribution in [0.5, 0.6) is 5.75 Å². The van der Waals surface area contributed by atoms with Crippen molar-refractivity contribution in [2.75, 3.05) is 20.3 Å². The summed E-state index contributed by atoms with van der Waals surface area (Å²) < 4.78 is 15.8. The number of thiazole rings is 1. The van der Waals surface area contributed by atoms with E-state index in [9.17, 15) is 0 Å². The van der Waals surface area contributed by atoms with Gasteiger partial charge in [0, 0.05) is 17.5 Å². The van der Waals surface area contributed by atoms with E-state index in [2.05, 4.69) is 158 Å². The SMILES string of the molecule is CC[n+]1c(/C=C2C=C(/C=C/C=C3\SC4C=C(OC)C=CC4N3CCOc3ccc4ccccc4c3)CC(C)(C)C/2)sc2c3ccccc3ccc21. The second kappa shape index (κ2) is 14.2. The molecular formula is C45H45N2O2S2+. The fraction of sp³-hybridized carbons (Fsp3) is 0.267. The first-order valence-electron chi connectivity index (χ1n) is 18.0. The molecule has 6 heteroatoms. The molecule has 2 heterocycles. The third-order valence-electron chi connectivity index (χ3n) is 10.1. The molecule has 8 rings (SSSR count). The van der Waals surface area contributed by atoms with E-state index >= 15 is 0 Å². The molecule has 2 unspecified atom stereocenters. The van der Waals surface area contributed by atoms with E-state index in [0.29, 0.717) is 11.9 Å². The monoisotopic (exact) mass is 709 g/mol. The Labute approximate surface area is 309 Å². The third kappa shape index (κ3) is 7.04. The van der Waals surface area contributed by atoms with Crippen molar-refractivity contribution in [2.24, 2.45) is 5.41 Å². The summed E-state index contributed by atoms with van der Waals surface area (Å²) in [5.74, 6) is 1.84. The molecule has 4 aromatic carbocycles. The Morgan fingerprint density at radius 1 is 0.961 bits per heavy atom. The molecular weight excluding hydrogens is 665 g/mol. The van der Waals surface area contributed by atoms with Crippen LogP contribution in [0.25, 0.3) is 37.8 Å². The highest BCUT2D eigenvalue weighted by Crippen LogP contribution is 2.43. The van der Waals surface area contributed by atoms with E-state index in [4.69, 9.17) is 9.47 Å². The van der Waals surface area contributed by atoms with Crippen LogP contribution in [0.15, 0.2) is 143 Å². The molecule has 3 aliphatic rings. The molecule has 5 aromatic rings. The Hall–Kier alpha value is -4.52. The summed E-state index contributed by atoms with van der Waals surface area (Å²) in [6.07, 6.45) is 20.5. The van der Waals surface area contributed by atoms with Crippen LogP contribution in [-0.4, -0.2) is 36.5 Å². The largest absolute Gasteiger partial charge is 0.497 e. The first-order valence-corrected chi connectivity index (χ1v) is 19.7. The van der Waals surface area contributed by atoms with Crippen LogP contribution in [0.2, 0.25) is 0 Å². The fourth-order valence-corrected chi connectivity index (χ4v) is 10.5. The van der Waals surface area contributed by atoms with Gasteiger partial charge in [0.1, 0.15) is 29.4 Å². The van der Waals surface area contributed by atoms with Gasteiger partial charge in [0.25, 0.3) is 5.01 Å². The number of fused-ring (bicyclic) bond motifs is 5. The van der Waals surface area contributed by atoms with Crippen LogP contribution in [0, 0.1) is 5.41 Å². The minimum absolute atomic E-state index is 0.184. The summed E-state index contributed by atoms with van der Waals surface area (Å²) in [7, 11) is 1.75. The topological polar surface area (TPSA) is 25.6 Å². The molecule has 1 aromatic heterocycles. The van der Waals surface area contributed by atoms with Crippen LogP contribution in [0.3, 0.4) is 0 Å². The van der Waals surface area contributed by atoms with Crippen LogP contribution in [-0.2, 0) is 11.3 Å². The summed E-state index contributed by atoms with van der Waals surface area (Å²) in [6.45, 7) is 9.40. The Bertz CT molecular complexity index is 2300. The van der Waals surface area contributed by atoms with Crippen LogP contribution in [0.1, 0.15) is 38.6 Å². The molecule has 4 nitrogen and oxygen atoms in total. The van der Waals surface area contributed by atoms with Crippen molar-refractivity contribution < 1.29 is 14.0 Å². The summed E-state index contributed by atoms with van der Waals surface area (Å²) in [6, 6.07) is 28.3. The standard InChI is InChI=1S/C45H45N2O2S2/c1-5-46-40-21-18-34-13-8-9-15-38(34)44(40)51-43(46)26-32-25-31(29-45(2,3)30-32)11-10-16-42-47(39-22-20-36(48-4)28-41(39)50-42)23-24-49-37-19-17-33-12-6-7-14-35(33)27-37/h6-22,25-28,39,41H,5,23-24,29-30H2,1-4H3/q+1. The molecule has 0 spiro atoms. The first kappa shape index (κ1) is 33.6. The number of ether oxygens (including phenoxy) is 2. The molecule has 0 amide bonds. The lowest BCUT2D eigenvalue weighted by Crippen LogP contribution is -2.36. The molecule has 258 valence electrons. The molecule has 1 aliphatic heterocycles. The van der Waals surface area contributed by atoms with Crippen molar-refractivity contribution in [1.29, 1.82) is 0 Å². The lowest BCUT2D eigenvalue weighted by molar-refractivity contribution is -0.665. The molecule has 2 aliphatic carbocycles. The molecule has 0 radical (unpaired) electrons. The highest BCUT2D eigenvalue weighted by Gasteiger charge is 2.37. The van der Waals surface area contributed by atoms with E-state index in [0.717, 1.165) is 37.4 Å². The van der Waals surface area contributed by atoms with Crippen LogP contribution in [0.4, 0.5) is 0 Å².